The summed E-state index contributed by atoms with van der Waals surface area (Å²) in [6.07, 6.45) is 14.5. The van der Waals surface area contributed by atoms with E-state index in [9.17, 15) is 19.5 Å². The van der Waals surface area contributed by atoms with Crippen molar-refractivity contribution in [3.63, 3.8) is 0 Å². The predicted molar refractivity (Wildman–Crippen MR) is 193 cm³/mol. The SMILES string of the molecule is C=C(C)C1CCC2(CC(=O)NC3CCC(N)C3)CCC3(C)C(CCC4C5(C)CCC(OC(=O)CC(C)(C)C(=O)O)C(C)(C)C5CCC43C)C12. The van der Waals surface area contributed by atoms with Gasteiger partial charge in [-0.05, 0) is 155 Å². The van der Waals surface area contributed by atoms with Crippen molar-refractivity contribution in [1.29, 1.82) is 0 Å². The number of amides is 1. The van der Waals surface area contributed by atoms with Gasteiger partial charge in [0.2, 0.25) is 5.91 Å². The fourth-order valence-corrected chi connectivity index (χ4v) is 14.2. The summed E-state index contributed by atoms with van der Waals surface area (Å²) in [5.74, 6) is 1.48. The van der Waals surface area contributed by atoms with Crippen molar-refractivity contribution in [2.75, 3.05) is 0 Å². The summed E-state index contributed by atoms with van der Waals surface area (Å²) in [7, 11) is 0. The largest absolute Gasteiger partial charge is 0.481 e. The van der Waals surface area contributed by atoms with E-state index >= 15 is 0 Å². The molecular formula is C42H68N2O5. The van der Waals surface area contributed by atoms with Crippen molar-refractivity contribution in [2.45, 2.75) is 170 Å². The monoisotopic (exact) mass is 681 g/mol. The lowest BCUT2D eigenvalue weighted by atomic mass is 9.32. The molecule has 4 N–H and O–H groups in total. The van der Waals surface area contributed by atoms with Crippen LogP contribution >= 0.6 is 0 Å². The van der Waals surface area contributed by atoms with Gasteiger partial charge in [-0.3, -0.25) is 14.4 Å². The fraction of sp³-hybridized carbons (Fsp3) is 0.881. The average molecular weight is 681 g/mol. The van der Waals surface area contributed by atoms with E-state index in [0.717, 1.165) is 57.8 Å². The van der Waals surface area contributed by atoms with Crippen LogP contribution in [0, 0.1) is 62.1 Å². The highest BCUT2D eigenvalue weighted by Gasteiger charge is 2.71. The maximum Gasteiger partial charge on any atom is 0.309 e. The molecule has 12 atom stereocenters. The van der Waals surface area contributed by atoms with Gasteiger partial charge in [0, 0.05) is 23.9 Å². The zero-order valence-electron chi connectivity index (χ0n) is 32.1. The highest BCUT2D eigenvalue weighted by atomic mass is 16.5. The van der Waals surface area contributed by atoms with Gasteiger partial charge in [-0.2, -0.15) is 0 Å². The third kappa shape index (κ3) is 5.82. The molecule has 0 bridgehead atoms. The Kier molecular flexibility index (Phi) is 9.31. The highest BCUT2D eigenvalue weighted by molar-refractivity contribution is 5.81. The van der Waals surface area contributed by atoms with Crippen LogP contribution in [0.15, 0.2) is 12.2 Å². The summed E-state index contributed by atoms with van der Waals surface area (Å²) in [5, 5.41) is 13.0. The van der Waals surface area contributed by atoms with Gasteiger partial charge in [-0.25, -0.2) is 0 Å². The molecule has 12 unspecified atom stereocenters. The minimum atomic E-state index is -1.14. The van der Waals surface area contributed by atoms with Gasteiger partial charge in [-0.1, -0.05) is 46.8 Å². The molecule has 6 rings (SSSR count). The fourth-order valence-electron chi connectivity index (χ4n) is 14.2. The number of carbonyl (C=O) groups excluding carboxylic acids is 2. The molecule has 0 aromatic carbocycles. The molecule has 6 saturated carbocycles. The topological polar surface area (TPSA) is 119 Å². The highest BCUT2D eigenvalue weighted by Crippen LogP contribution is 2.78. The molecule has 0 saturated heterocycles. The van der Waals surface area contributed by atoms with Gasteiger partial charge in [0.05, 0.1) is 11.8 Å². The number of carbonyl (C=O) groups is 3. The van der Waals surface area contributed by atoms with Gasteiger partial charge in [0.25, 0.3) is 0 Å². The summed E-state index contributed by atoms with van der Waals surface area (Å²) in [5.41, 5.74) is 6.77. The van der Waals surface area contributed by atoms with E-state index in [1.807, 2.05) is 0 Å². The zero-order valence-corrected chi connectivity index (χ0v) is 32.1. The van der Waals surface area contributed by atoms with Crippen LogP contribution in [0.4, 0.5) is 0 Å². The first-order valence-corrected chi connectivity index (χ1v) is 19.8. The lowest BCUT2D eigenvalue weighted by Crippen LogP contribution is -2.67. The Balaban J connectivity index is 1.23. The van der Waals surface area contributed by atoms with E-state index in [1.54, 1.807) is 13.8 Å². The third-order valence-corrected chi connectivity index (χ3v) is 17.0. The molecule has 0 aliphatic heterocycles. The van der Waals surface area contributed by atoms with Crippen LogP contribution in [0.25, 0.3) is 0 Å². The lowest BCUT2D eigenvalue weighted by molar-refractivity contribution is -0.250. The molecular weight excluding hydrogens is 612 g/mol. The Bertz CT molecular complexity index is 1360. The molecule has 0 heterocycles. The molecule has 6 aliphatic rings. The molecule has 1 amide bonds. The molecule has 7 heteroatoms. The zero-order chi connectivity index (χ0) is 35.9. The summed E-state index contributed by atoms with van der Waals surface area (Å²) in [6, 6.07) is 0.444. The predicted octanol–water partition coefficient (Wildman–Crippen LogP) is 8.44. The number of carboxylic acid groups (broad SMARTS) is 1. The standard InChI is InChI=1S/C42H68N2O5/c1-25(2)28-14-19-42(23-33(45)44-27-11-10-26(43)22-27)21-20-40(8)29(35(28)42)12-13-31-39(7)17-16-32(49-34(46)24-37(3,4)36(47)48)38(5,6)30(39)15-18-41(31,40)9/h26-32,35H,1,10-24,43H2,2-9H3,(H,44,45)(H,47,48). The molecule has 6 fully saturated rings. The van der Waals surface area contributed by atoms with Crippen LogP contribution in [-0.2, 0) is 19.1 Å². The number of hydrogen-bond donors (Lipinski definition) is 3. The minimum absolute atomic E-state index is 0.0576. The van der Waals surface area contributed by atoms with E-state index < -0.39 is 17.4 Å². The first kappa shape index (κ1) is 36.9. The van der Waals surface area contributed by atoms with Crippen molar-refractivity contribution in [3.8, 4) is 0 Å². The summed E-state index contributed by atoms with van der Waals surface area (Å²) < 4.78 is 6.18. The molecule has 0 radical (unpaired) electrons. The van der Waals surface area contributed by atoms with Crippen LogP contribution in [0.5, 0.6) is 0 Å². The number of fused-ring (bicyclic) bond motifs is 7. The molecule has 49 heavy (non-hydrogen) atoms. The smallest absolute Gasteiger partial charge is 0.309 e. The third-order valence-electron chi connectivity index (χ3n) is 17.0. The van der Waals surface area contributed by atoms with E-state index in [4.69, 9.17) is 10.5 Å². The van der Waals surface area contributed by atoms with Gasteiger partial charge < -0.3 is 20.9 Å². The Morgan fingerprint density at radius 1 is 0.878 bits per heavy atom. The van der Waals surface area contributed by atoms with Crippen molar-refractivity contribution in [3.05, 3.63) is 12.2 Å². The van der Waals surface area contributed by atoms with Crippen LogP contribution in [0.3, 0.4) is 0 Å². The second-order valence-corrected chi connectivity index (χ2v) is 20.3. The van der Waals surface area contributed by atoms with Crippen molar-refractivity contribution < 1.29 is 24.2 Å². The number of allylic oxidation sites excluding steroid dienone is 1. The van der Waals surface area contributed by atoms with Crippen LogP contribution in [0.2, 0.25) is 0 Å². The number of aliphatic carboxylic acids is 1. The lowest BCUT2D eigenvalue weighted by Gasteiger charge is -2.73. The van der Waals surface area contributed by atoms with Crippen LogP contribution < -0.4 is 11.1 Å². The second kappa shape index (κ2) is 12.4. The maximum atomic E-state index is 13.7. The van der Waals surface area contributed by atoms with Crippen molar-refractivity contribution in [1.82, 2.24) is 5.32 Å². The van der Waals surface area contributed by atoms with Crippen LogP contribution in [-0.4, -0.2) is 41.1 Å². The Morgan fingerprint density at radius 2 is 1.59 bits per heavy atom. The van der Waals surface area contributed by atoms with Crippen molar-refractivity contribution >= 4 is 17.8 Å². The number of nitrogens with two attached hydrogens (primary N) is 1. The van der Waals surface area contributed by atoms with Gasteiger partial charge in [0.15, 0.2) is 0 Å². The maximum absolute atomic E-state index is 13.7. The number of rotatable bonds is 8. The minimum Gasteiger partial charge on any atom is -0.481 e. The number of hydrogen-bond acceptors (Lipinski definition) is 5. The van der Waals surface area contributed by atoms with E-state index in [-0.39, 0.29) is 57.6 Å². The van der Waals surface area contributed by atoms with E-state index in [1.165, 1.54) is 31.3 Å². The number of esters is 1. The van der Waals surface area contributed by atoms with Gasteiger partial charge in [0.1, 0.15) is 6.10 Å². The van der Waals surface area contributed by atoms with E-state index in [2.05, 4.69) is 53.4 Å². The van der Waals surface area contributed by atoms with Crippen LogP contribution in [0.1, 0.15) is 152 Å². The number of nitrogens with one attached hydrogen (secondary N) is 1. The quantitative estimate of drug-likeness (QED) is 0.175. The first-order valence-electron chi connectivity index (χ1n) is 19.8. The molecule has 7 nitrogen and oxygen atoms in total. The molecule has 6 aliphatic carbocycles. The van der Waals surface area contributed by atoms with E-state index in [0.29, 0.717) is 36.0 Å². The molecule has 0 aromatic rings. The number of carboxylic acids is 1. The Hall–Kier alpha value is -1.89. The Morgan fingerprint density at radius 3 is 2.22 bits per heavy atom. The summed E-state index contributed by atoms with van der Waals surface area (Å²) in [6.45, 7) is 22.4. The summed E-state index contributed by atoms with van der Waals surface area (Å²) >= 11 is 0. The van der Waals surface area contributed by atoms with Gasteiger partial charge >= 0.3 is 11.9 Å². The first-order chi connectivity index (χ1) is 22.7. The Labute approximate surface area is 296 Å². The van der Waals surface area contributed by atoms with Crippen molar-refractivity contribution in [2.24, 2.45) is 67.8 Å². The number of ether oxygens (including phenoxy) is 1. The summed E-state index contributed by atoms with van der Waals surface area (Å²) in [4.78, 5) is 38.5. The van der Waals surface area contributed by atoms with Gasteiger partial charge in [-0.15, -0.1) is 0 Å². The molecule has 276 valence electrons. The normalized spacial score (nSPS) is 45.7. The molecule has 0 aromatic heterocycles. The second-order valence-electron chi connectivity index (χ2n) is 20.3. The molecule has 0 spiro atoms. The average Bonchev–Trinajstić information content (AvgIpc) is 3.57.